The summed E-state index contributed by atoms with van der Waals surface area (Å²) in [6.45, 7) is 0. The first-order valence-corrected chi connectivity index (χ1v) is 6.19. The standard InChI is InChI=1S/C14H16N4O3/c1-17(11-3-5-14(21-2)6-4-11)12-7-10(16-15)8-13(9-12)18(19)20/h3-9,16H,15H2,1-2H3. The van der Waals surface area contributed by atoms with Gasteiger partial charge in [0, 0.05) is 30.6 Å². The molecule has 3 N–H and O–H groups in total. The molecule has 110 valence electrons. The van der Waals surface area contributed by atoms with Gasteiger partial charge < -0.3 is 15.1 Å². The van der Waals surface area contributed by atoms with Gasteiger partial charge in [0.25, 0.3) is 5.69 Å². The molecule has 2 aromatic carbocycles. The second-order valence-corrected chi connectivity index (χ2v) is 4.40. The van der Waals surface area contributed by atoms with Gasteiger partial charge in [-0.05, 0) is 30.3 Å². The maximum Gasteiger partial charge on any atom is 0.273 e. The number of hydrogen-bond donors (Lipinski definition) is 2. The van der Waals surface area contributed by atoms with Crippen molar-refractivity contribution < 1.29 is 9.66 Å². The number of nitro groups is 1. The van der Waals surface area contributed by atoms with E-state index in [1.54, 1.807) is 13.2 Å². The lowest BCUT2D eigenvalue weighted by atomic mass is 10.2. The Morgan fingerprint density at radius 1 is 1.19 bits per heavy atom. The first-order valence-electron chi connectivity index (χ1n) is 6.19. The van der Waals surface area contributed by atoms with Crippen LogP contribution in [0.4, 0.5) is 22.7 Å². The van der Waals surface area contributed by atoms with Gasteiger partial charge in [-0.25, -0.2) is 0 Å². The summed E-state index contributed by atoms with van der Waals surface area (Å²) < 4.78 is 5.11. The molecule has 7 nitrogen and oxygen atoms in total. The monoisotopic (exact) mass is 288 g/mol. The lowest BCUT2D eigenvalue weighted by Gasteiger charge is -2.20. The Morgan fingerprint density at radius 2 is 1.86 bits per heavy atom. The number of nitro benzene ring substituents is 1. The number of nitrogens with one attached hydrogen (secondary N) is 1. The molecule has 0 bridgehead atoms. The summed E-state index contributed by atoms with van der Waals surface area (Å²) in [5.74, 6) is 6.10. The van der Waals surface area contributed by atoms with E-state index in [2.05, 4.69) is 5.43 Å². The first-order chi connectivity index (χ1) is 10.0. The molecule has 0 aromatic heterocycles. The average molecular weight is 288 g/mol. The van der Waals surface area contributed by atoms with Crippen molar-refractivity contribution >= 4 is 22.7 Å². The lowest BCUT2D eigenvalue weighted by Crippen LogP contribution is -2.12. The van der Waals surface area contributed by atoms with Gasteiger partial charge >= 0.3 is 0 Å². The van der Waals surface area contributed by atoms with Crippen LogP contribution in [0.15, 0.2) is 42.5 Å². The quantitative estimate of drug-likeness (QED) is 0.499. The topological polar surface area (TPSA) is 93.7 Å². The molecular formula is C14H16N4O3. The van der Waals surface area contributed by atoms with Crippen molar-refractivity contribution in [3.63, 3.8) is 0 Å². The minimum Gasteiger partial charge on any atom is -0.497 e. The molecule has 2 rings (SSSR count). The lowest BCUT2D eigenvalue weighted by molar-refractivity contribution is -0.384. The van der Waals surface area contributed by atoms with Crippen molar-refractivity contribution in [2.75, 3.05) is 24.5 Å². The summed E-state index contributed by atoms with van der Waals surface area (Å²) in [6.07, 6.45) is 0. The zero-order valence-electron chi connectivity index (χ0n) is 11.7. The molecule has 0 fully saturated rings. The molecular weight excluding hydrogens is 272 g/mol. The maximum absolute atomic E-state index is 11.0. The van der Waals surface area contributed by atoms with Gasteiger partial charge in [-0.2, -0.15) is 0 Å². The molecule has 0 radical (unpaired) electrons. The van der Waals surface area contributed by atoms with E-state index in [1.165, 1.54) is 12.1 Å². The first kappa shape index (κ1) is 14.6. The number of benzene rings is 2. The molecule has 0 saturated carbocycles. The third kappa shape index (κ3) is 3.21. The Hall–Kier alpha value is -2.80. The Bertz CT molecular complexity index is 643. The van der Waals surface area contributed by atoms with Crippen molar-refractivity contribution in [3.8, 4) is 5.75 Å². The number of hydrazine groups is 1. The highest BCUT2D eigenvalue weighted by Crippen LogP contribution is 2.31. The average Bonchev–Trinajstić information content (AvgIpc) is 2.53. The fourth-order valence-corrected chi connectivity index (χ4v) is 1.93. The Kier molecular flexibility index (Phi) is 4.24. The van der Waals surface area contributed by atoms with Crippen LogP contribution in [0.25, 0.3) is 0 Å². The molecule has 0 heterocycles. The van der Waals surface area contributed by atoms with Crippen LogP contribution in [0.1, 0.15) is 0 Å². The van der Waals surface area contributed by atoms with E-state index in [0.717, 1.165) is 11.4 Å². The van der Waals surface area contributed by atoms with Crippen LogP contribution in [-0.2, 0) is 0 Å². The normalized spacial score (nSPS) is 10.0. The van der Waals surface area contributed by atoms with E-state index in [0.29, 0.717) is 11.4 Å². The molecule has 0 spiro atoms. The highest BCUT2D eigenvalue weighted by atomic mass is 16.6. The van der Waals surface area contributed by atoms with Crippen molar-refractivity contribution in [2.24, 2.45) is 5.84 Å². The molecule has 0 atom stereocenters. The highest BCUT2D eigenvalue weighted by molar-refractivity contribution is 5.70. The van der Waals surface area contributed by atoms with Crippen molar-refractivity contribution in [3.05, 3.63) is 52.6 Å². The van der Waals surface area contributed by atoms with Crippen molar-refractivity contribution in [1.82, 2.24) is 0 Å². The van der Waals surface area contributed by atoms with Crippen molar-refractivity contribution in [2.45, 2.75) is 0 Å². The molecule has 0 aliphatic rings. The number of methoxy groups -OCH3 is 1. The zero-order valence-corrected chi connectivity index (χ0v) is 11.7. The number of non-ortho nitro benzene ring substituents is 1. The molecule has 0 aliphatic heterocycles. The van der Waals surface area contributed by atoms with Crippen LogP contribution in [0.5, 0.6) is 5.75 Å². The van der Waals surface area contributed by atoms with E-state index in [9.17, 15) is 10.1 Å². The summed E-state index contributed by atoms with van der Waals surface area (Å²) in [5, 5.41) is 11.0. The Balaban J connectivity index is 2.38. The fourth-order valence-electron chi connectivity index (χ4n) is 1.93. The number of nitrogens with zero attached hydrogens (tertiary/aromatic N) is 2. The zero-order chi connectivity index (χ0) is 15.4. The minimum atomic E-state index is -0.452. The van der Waals surface area contributed by atoms with E-state index in [-0.39, 0.29) is 5.69 Å². The number of nitrogen functional groups attached to an aromatic ring is 1. The van der Waals surface area contributed by atoms with Crippen molar-refractivity contribution in [1.29, 1.82) is 0 Å². The number of anilines is 3. The predicted molar refractivity (Wildman–Crippen MR) is 82.0 cm³/mol. The number of rotatable bonds is 5. The SMILES string of the molecule is COc1ccc(N(C)c2cc(NN)cc([N+](=O)[O-])c2)cc1. The van der Waals surface area contributed by atoms with E-state index < -0.39 is 4.92 Å². The van der Waals surface area contributed by atoms with Crippen LogP contribution in [0.3, 0.4) is 0 Å². The summed E-state index contributed by atoms with van der Waals surface area (Å²) >= 11 is 0. The largest absolute Gasteiger partial charge is 0.497 e. The number of hydrogen-bond acceptors (Lipinski definition) is 6. The van der Waals surface area contributed by atoms with Crippen LogP contribution in [0, 0.1) is 10.1 Å². The summed E-state index contributed by atoms with van der Waals surface area (Å²) in [6, 6.07) is 12.0. The molecule has 2 aromatic rings. The van der Waals surface area contributed by atoms with E-state index in [4.69, 9.17) is 10.6 Å². The van der Waals surface area contributed by atoms with Gasteiger partial charge in [0.2, 0.25) is 0 Å². The minimum absolute atomic E-state index is 0.0270. The molecule has 0 saturated heterocycles. The Labute approximate surface area is 122 Å². The molecule has 0 amide bonds. The molecule has 7 heteroatoms. The van der Waals surface area contributed by atoms with Crippen LogP contribution in [0.2, 0.25) is 0 Å². The van der Waals surface area contributed by atoms with Gasteiger partial charge in [0.1, 0.15) is 5.75 Å². The summed E-state index contributed by atoms with van der Waals surface area (Å²) in [7, 11) is 3.42. The van der Waals surface area contributed by atoms with Gasteiger partial charge in [0.15, 0.2) is 0 Å². The molecule has 21 heavy (non-hydrogen) atoms. The highest BCUT2D eigenvalue weighted by Gasteiger charge is 2.13. The predicted octanol–water partition coefficient (Wildman–Crippen LogP) is 2.66. The Morgan fingerprint density at radius 3 is 2.38 bits per heavy atom. The van der Waals surface area contributed by atoms with E-state index in [1.807, 2.05) is 36.2 Å². The molecule has 0 unspecified atom stereocenters. The van der Waals surface area contributed by atoms with E-state index >= 15 is 0 Å². The summed E-state index contributed by atoms with van der Waals surface area (Å²) in [4.78, 5) is 12.3. The second kappa shape index (κ2) is 6.10. The van der Waals surface area contributed by atoms with Gasteiger partial charge in [-0.15, -0.1) is 0 Å². The van der Waals surface area contributed by atoms with Gasteiger partial charge in [-0.1, -0.05) is 0 Å². The maximum atomic E-state index is 11.0. The fraction of sp³-hybridized carbons (Fsp3) is 0.143. The number of nitrogens with two attached hydrogens (primary N) is 1. The van der Waals surface area contributed by atoms with Crippen LogP contribution < -0.4 is 20.9 Å². The van der Waals surface area contributed by atoms with Crippen LogP contribution in [-0.4, -0.2) is 19.1 Å². The van der Waals surface area contributed by atoms with Crippen LogP contribution >= 0.6 is 0 Å². The van der Waals surface area contributed by atoms with Gasteiger partial charge in [0.05, 0.1) is 17.7 Å². The third-order valence-electron chi connectivity index (χ3n) is 3.13. The molecule has 0 aliphatic carbocycles. The number of ether oxygens (including phenoxy) is 1. The third-order valence-corrected chi connectivity index (χ3v) is 3.13. The van der Waals surface area contributed by atoms with Gasteiger partial charge in [-0.3, -0.25) is 16.0 Å². The second-order valence-electron chi connectivity index (χ2n) is 4.40. The smallest absolute Gasteiger partial charge is 0.273 e. The summed E-state index contributed by atoms with van der Waals surface area (Å²) in [5.41, 5.74) is 4.41.